The summed E-state index contributed by atoms with van der Waals surface area (Å²) in [5.41, 5.74) is 1.71. The topological polar surface area (TPSA) is 87.7 Å². The van der Waals surface area contributed by atoms with Crippen molar-refractivity contribution in [3.63, 3.8) is 0 Å². The van der Waals surface area contributed by atoms with E-state index in [0.29, 0.717) is 0 Å². The van der Waals surface area contributed by atoms with E-state index in [1.54, 1.807) is 32.6 Å². The van der Waals surface area contributed by atoms with Crippen LogP contribution in [0.4, 0.5) is 4.79 Å². The first kappa shape index (κ1) is 25.7. The van der Waals surface area contributed by atoms with Crippen LogP contribution in [0.5, 0.6) is 0 Å². The van der Waals surface area contributed by atoms with E-state index in [0.717, 1.165) is 29.5 Å². The zero-order valence-electron chi connectivity index (χ0n) is 21.0. The van der Waals surface area contributed by atoms with E-state index in [1.165, 1.54) is 0 Å². The normalized spacial score (nSPS) is 16.0. The molecule has 2 rings (SSSR count). The number of aryl methyl sites for hydroxylation is 1. The molecule has 0 bridgehead atoms. The zero-order valence-corrected chi connectivity index (χ0v) is 21.0. The second kappa shape index (κ2) is 9.51. The number of amides is 3. The van der Waals surface area contributed by atoms with Crippen LogP contribution in [0, 0.1) is 13.8 Å². The third-order valence-corrected chi connectivity index (χ3v) is 5.26. The molecule has 1 aromatic rings. The molecule has 178 valence electrons. The predicted molar refractivity (Wildman–Crippen MR) is 125 cm³/mol. The molecule has 1 aliphatic rings. The summed E-state index contributed by atoms with van der Waals surface area (Å²) < 4.78 is 5.31. The van der Waals surface area contributed by atoms with E-state index in [4.69, 9.17) is 4.74 Å². The molecular weight excluding hydrogens is 406 g/mol. The molecule has 0 heterocycles. The van der Waals surface area contributed by atoms with Gasteiger partial charge in [0, 0.05) is 11.6 Å². The molecule has 32 heavy (non-hydrogen) atoms. The van der Waals surface area contributed by atoms with Gasteiger partial charge in [-0.15, -0.1) is 0 Å². The molecule has 2 unspecified atom stereocenters. The smallest absolute Gasteiger partial charge is 0.408 e. The standard InChI is InChI=1S/C25H39N3O4/c1-15-11-10-12-19(16(15)2)20(21(29)27-24(4,5)6)28(18-13-14-18)22(30)17(3)26-23(31)32-25(7,8)9/h10-12,17-18,20H,13-14H2,1-9H3,(H,26,31)(H,27,29). The van der Waals surface area contributed by atoms with Crippen molar-refractivity contribution in [3.05, 3.63) is 34.9 Å². The van der Waals surface area contributed by atoms with Crippen LogP contribution in [0.25, 0.3) is 0 Å². The summed E-state index contributed by atoms with van der Waals surface area (Å²) in [5, 5.41) is 5.68. The minimum absolute atomic E-state index is 0.0407. The Kier molecular flexibility index (Phi) is 7.63. The summed E-state index contributed by atoms with van der Waals surface area (Å²) >= 11 is 0. The molecular formula is C25H39N3O4. The van der Waals surface area contributed by atoms with Crippen LogP contribution in [0.1, 0.15) is 84.0 Å². The van der Waals surface area contributed by atoms with Crippen molar-refractivity contribution in [2.75, 3.05) is 0 Å². The molecule has 7 nitrogen and oxygen atoms in total. The first-order valence-electron chi connectivity index (χ1n) is 11.3. The molecule has 3 amide bonds. The van der Waals surface area contributed by atoms with Gasteiger partial charge in [-0.1, -0.05) is 18.2 Å². The molecule has 1 saturated carbocycles. The molecule has 2 N–H and O–H groups in total. The third-order valence-electron chi connectivity index (χ3n) is 5.26. The molecule has 0 spiro atoms. The summed E-state index contributed by atoms with van der Waals surface area (Å²) in [4.78, 5) is 41.0. The molecule has 1 aliphatic carbocycles. The Morgan fingerprint density at radius 3 is 2.16 bits per heavy atom. The van der Waals surface area contributed by atoms with Gasteiger partial charge in [0.05, 0.1) is 0 Å². The Hall–Kier alpha value is -2.57. The monoisotopic (exact) mass is 445 g/mol. The number of hydrogen-bond donors (Lipinski definition) is 2. The first-order valence-corrected chi connectivity index (χ1v) is 11.3. The van der Waals surface area contributed by atoms with Crippen molar-refractivity contribution in [1.82, 2.24) is 15.5 Å². The van der Waals surface area contributed by atoms with Crippen LogP contribution >= 0.6 is 0 Å². The molecule has 1 fully saturated rings. The number of nitrogens with one attached hydrogen (secondary N) is 2. The number of hydrogen-bond acceptors (Lipinski definition) is 4. The highest BCUT2D eigenvalue weighted by atomic mass is 16.6. The van der Waals surface area contributed by atoms with Gasteiger partial charge in [0.2, 0.25) is 11.8 Å². The molecule has 0 aromatic heterocycles. The lowest BCUT2D eigenvalue weighted by Gasteiger charge is -2.36. The SMILES string of the molecule is Cc1cccc(C(C(=O)NC(C)(C)C)N(C(=O)C(C)NC(=O)OC(C)(C)C)C2CC2)c1C. The molecule has 0 aliphatic heterocycles. The highest BCUT2D eigenvalue weighted by Gasteiger charge is 2.44. The fraction of sp³-hybridized carbons (Fsp3) is 0.640. The minimum Gasteiger partial charge on any atom is -0.444 e. The Morgan fingerprint density at radius 1 is 1.06 bits per heavy atom. The van der Waals surface area contributed by atoms with Crippen molar-refractivity contribution >= 4 is 17.9 Å². The Labute approximate surface area is 192 Å². The Morgan fingerprint density at radius 2 is 1.66 bits per heavy atom. The highest BCUT2D eigenvalue weighted by Crippen LogP contribution is 2.37. The molecule has 2 atom stereocenters. The summed E-state index contributed by atoms with van der Waals surface area (Å²) in [6.07, 6.45) is 1.00. The van der Waals surface area contributed by atoms with Gasteiger partial charge in [-0.05, 0) is 91.8 Å². The summed E-state index contributed by atoms with van der Waals surface area (Å²) in [6, 6.07) is 4.16. The number of carbonyl (C=O) groups excluding carboxylic acids is 3. The van der Waals surface area contributed by atoms with Crippen LogP contribution in [0.3, 0.4) is 0 Å². The number of ether oxygens (including phenoxy) is 1. The number of benzene rings is 1. The summed E-state index contributed by atoms with van der Waals surface area (Å²) in [7, 11) is 0. The van der Waals surface area contributed by atoms with Gasteiger partial charge in [-0.3, -0.25) is 9.59 Å². The molecule has 7 heteroatoms. The largest absolute Gasteiger partial charge is 0.444 e. The van der Waals surface area contributed by atoms with E-state index in [2.05, 4.69) is 10.6 Å². The van der Waals surface area contributed by atoms with Crippen LogP contribution in [0.2, 0.25) is 0 Å². The van der Waals surface area contributed by atoms with Crippen molar-refractivity contribution in [2.24, 2.45) is 0 Å². The Bertz CT molecular complexity index is 863. The average molecular weight is 446 g/mol. The third kappa shape index (κ3) is 6.97. The maximum absolute atomic E-state index is 13.6. The van der Waals surface area contributed by atoms with Crippen molar-refractivity contribution in [2.45, 2.75) is 104 Å². The second-order valence-electron chi connectivity index (χ2n) is 10.8. The van der Waals surface area contributed by atoms with Gasteiger partial charge in [0.15, 0.2) is 0 Å². The second-order valence-corrected chi connectivity index (χ2v) is 10.8. The fourth-order valence-corrected chi connectivity index (χ4v) is 3.57. The number of carbonyl (C=O) groups is 3. The van der Waals surface area contributed by atoms with E-state index in [-0.39, 0.29) is 17.9 Å². The summed E-state index contributed by atoms with van der Waals surface area (Å²) in [5.74, 6) is -0.524. The quantitative estimate of drug-likeness (QED) is 0.688. The van der Waals surface area contributed by atoms with E-state index >= 15 is 0 Å². The number of alkyl carbamates (subject to hydrolysis) is 1. The van der Waals surface area contributed by atoms with Gasteiger partial charge in [0.25, 0.3) is 0 Å². The fourth-order valence-electron chi connectivity index (χ4n) is 3.57. The lowest BCUT2D eigenvalue weighted by Crippen LogP contribution is -2.54. The van der Waals surface area contributed by atoms with E-state index in [9.17, 15) is 14.4 Å². The molecule has 0 radical (unpaired) electrons. The van der Waals surface area contributed by atoms with Gasteiger partial charge in [0.1, 0.15) is 17.7 Å². The van der Waals surface area contributed by atoms with Crippen molar-refractivity contribution in [1.29, 1.82) is 0 Å². The van der Waals surface area contributed by atoms with E-state index < -0.39 is 29.3 Å². The number of nitrogens with zero attached hydrogens (tertiary/aromatic N) is 1. The molecule has 0 saturated heterocycles. The van der Waals surface area contributed by atoms with Crippen LogP contribution in [-0.2, 0) is 14.3 Å². The predicted octanol–water partition coefficient (Wildman–Crippen LogP) is 4.16. The highest BCUT2D eigenvalue weighted by molar-refractivity contribution is 5.92. The maximum Gasteiger partial charge on any atom is 0.408 e. The van der Waals surface area contributed by atoms with E-state index in [1.807, 2.05) is 52.8 Å². The van der Waals surface area contributed by atoms with Crippen molar-refractivity contribution < 1.29 is 19.1 Å². The number of rotatable bonds is 6. The minimum atomic E-state index is -0.833. The van der Waals surface area contributed by atoms with Gasteiger partial charge in [-0.2, -0.15) is 0 Å². The lowest BCUT2D eigenvalue weighted by molar-refractivity contribution is -0.143. The van der Waals surface area contributed by atoms with Crippen LogP contribution in [-0.4, -0.2) is 46.0 Å². The lowest BCUT2D eigenvalue weighted by atomic mass is 9.94. The average Bonchev–Trinajstić information content (AvgIpc) is 3.43. The first-order chi connectivity index (χ1) is 14.6. The Balaban J connectivity index is 2.41. The van der Waals surface area contributed by atoms with Crippen molar-refractivity contribution in [3.8, 4) is 0 Å². The van der Waals surface area contributed by atoms with Crippen LogP contribution in [0.15, 0.2) is 18.2 Å². The van der Waals surface area contributed by atoms with Crippen LogP contribution < -0.4 is 10.6 Å². The summed E-state index contributed by atoms with van der Waals surface area (Å²) in [6.45, 7) is 16.6. The van der Waals surface area contributed by atoms with Gasteiger partial charge >= 0.3 is 6.09 Å². The van der Waals surface area contributed by atoms with Gasteiger partial charge in [-0.25, -0.2) is 4.79 Å². The maximum atomic E-state index is 13.6. The molecule has 1 aromatic carbocycles. The van der Waals surface area contributed by atoms with Gasteiger partial charge < -0.3 is 20.3 Å². The zero-order chi connectivity index (χ0) is 24.4.